The fraction of sp³-hybridized carbons (Fsp3) is 0.364. The van der Waals surface area contributed by atoms with Crippen LogP contribution in [0.2, 0.25) is 0 Å². The van der Waals surface area contributed by atoms with Crippen LogP contribution in [0.25, 0.3) is 11.4 Å². The van der Waals surface area contributed by atoms with Gasteiger partial charge in [0.25, 0.3) is 0 Å². The van der Waals surface area contributed by atoms with Crippen LogP contribution in [0, 0.1) is 5.82 Å². The van der Waals surface area contributed by atoms with Gasteiger partial charge >= 0.3 is 0 Å². The maximum atomic E-state index is 13.4. The molecule has 1 aliphatic rings. The Morgan fingerprint density at radius 2 is 2.03 bits per heavy atom. The van der Waals surface area contributed by atoms with E-state index in [0.717, 1.165) is 44.0 Å². The molecular formula is C22H24FN3O3. The number of hydrogen-bond donors (Lipinski definition) is 0. The summed E-state index contributed by atoms with van der Waals surface area (Å²) in [4.78, 5) is 6.85. The molecule has 0 amide bonds. The Morgan fingerprint density at radius 1 is 1.17 bits per heavy atom. The molecule has 4 rings (SSSR count). The number of likely N-dealkylation sites (tertiary alicyclic amines) is 1. The van der Waals surface area contributed by atoms with Gasteiger partial charge in [0.05, 0.1) is 13.0 Å². The second kappa shape index (κ2) is 9.05. The predicted molar refractivity (Wildman–Crippen MR) is 107 cm³/mol. The van der Waals surface area contributed by atoms with Crippen molar-refractivity contribution in [2.24, 2.45) is 0 Å². The van der Waals surface area contributed by atoms with Crippen molar-refractivity contribution in [2.75, 3.05) is 33.4 Å². The zero-order chi connectivity index (χ0) is 20.1. The van der Waals surface area contributed by atoms with Gasteiger partial charge in [0.1, 0.15) is 12.4 Å². The van der Waals surface area contributed by atoms with Crippen LogP contribution in [0.3, 0.4) is 0 Å². The van der Waals surface area contributed by atoms with E-state index in [4.69, 9.17) is 14.0 Å². The lowest BCUT2D eigenvalue weighted by Gasteiger charge is -2.30. The maximum absolute atomic E-state index is 13.4. The summed E-state index contributed by atoms with van der Waals surface area (Å²) in [6.07, 6.45) is 2.05. The summed E-state index contributed by atoms with van der Waals surface area (Å²) in [7, 11) is 1.64. The van der Waals surface area contributed by atoms with E-state index in [1.54, 1.807) is 19.2 Å². The van der Waals surface area contributed by atoms with E-state index in [1.807, 2.05) is 24.3 Å². The lowest BCUT2D eigenvalue weighted by Crippen LogP contribution is -2.37. The van der Waals surface area contributed by atoms with E-state index < -0.39 is 0 Å². The number of rotatable bonds is 7. The van der Waals surface area contributed by atoms with E-state index in [1.165, 1.54) is 12.1 Å². The number of para-hydroxylation sites is 2. The Labute approximate surface area is 169 Å². The third kappa shape index (κ3) is 4.74. The summed E-state index contributed by atoms with van der Waals surface area (Å²) < 4.78 is 30.1. The van der Waals surface area contributed by atoms with Gasteiger partial charge in [-0.2, -0.15) is 4.98 Å². The summed E-state index contributed by atoms with van der Waals surface area (Å²) in [5, 5.41) is 4.04. The summed E-state index contributed by atoms with van der Waals surface area (Å²) in [6, 6.07) is 13.9. The third-order valence-electron chi connectivity index (χ3n) is 5.11. The molecular weight excluding hydrogens is 373 g/mol. The van der Waals surface area contributed by atoms with Gasteiger partial charge in [0, 0.05) is 18.7 Å². The van der Waals surface area contributed by atoms with Gasteiger partial charge in [0.2, 0.25) is 11.7 Å². The molecule has 1 unspecified atom stereocenters. The number of methoxy groups -OCH3 is 1. The first-order chi connectivity index (χ1) is 14.2. The van der Waals surface area contributed by atoms with Crippen LogP contribution >= 0.6 is 0 Å². The van der Waals surface area contributed by atoms with Crippen molar-refractivity contribution < 1.29 is 18.4 Å². The summed E-state index contributed by atoms with van der Waals surface area (Å²) in [5.41, 5.74) is 0.623. The van der Waals surface area contributed by atoms with Crippen molar-refractivity contribution in [3.8, 4) is 22.9 Å². The highest BCUT2D eigenvalue weighted by molar-refractivity contribution is 5.53. The van der Waals surface area contributed by atoms with Gasteiger partial charge in [-0.3, -0.25) is 4.90 Å². The molecule has 0 saturated carbocycles. The molecule has 1 aliphatic heterocycles. The van der Waals surface area contributed by atoms with E-state index in [0.29, 0.717) is 23.9 Å². The van der Waals surface area contributed by atoms with Crippen LogP contribution in [-0.2, 0) is 0 Å². The van der Waals surface area contributed by atoms with Crippen molar-refractivity contribution in [1.82, 2.24) is 15.0 Å². The highest BCUT2D eigenvalue weighted by Crippen LogP contribution is 2.28. The highest BCUT2D eigenvalue weighted by atomic mass is 19.1. The second-order valence-corrected chi connectivity index (χ2v) is 7.11. The predicted octanol–water partition coefficient (Wildman–Crippen LogP) is 4.14. The van der Waals surface area contributed by atoms with Crippen molar-refractivity contribution in [1.29, 1.82) is 0 Å². The van der Waals surface area contributed by atoms with Crippen LogP contribution in [0.5, 0.6) is 11.5 Å². The maximum Gasteiger partial charge on any atom is 0.231 e. The molecule has 1 saturated heterocycles. The van der Waals surface area contributed by atoms with E-state index in [2.05, 4.69) is 15.0 Å². The molecule has 0 spiro atoms. The second-order valence-electron chi connectivity index (χ2n) is 7.11. The Hall–Kier alpha value is -2.93. The molecule has 1 atom stereocenters. The molecule has 0 N–H and O–H groups in total. The van der Waals surface area contributed by atoms with E-state index in [-0.39, 0.29) is 11.7 Å². The van der Waals surface area contributed by atoms with Crippen LogP contribution in [0.4, 0.5) is 4.39 Å². The van der Waals surface area contributed by atoms with Crippen molar-refractivity contribution in [3.05, 3.63) is 60.2 Å². The molecule has 29 heavy (non-hydrogen) atoms. The minimum absolute atomic E-state index is 0.171. The average Bonchev–Trinajstić information content (AvgIpc) is 3.25. The number of halogens is 1. The zero-order valence-electron chi connectivity index (χ0n) is 16.4. The molecule has 2 aromatic carbocycles. The molecule has 3 aromatic rings. The molecule has 0 radical (unpaired) electrons. The van der Waals surface area contributed by atoms with Gasteiger partial charge in [-0.05, 0) is 43.7 Å². The number of hydrogen-bond acceptors (Lipinski definition) is 6. The minimum atomic E-state index is -0.312. The number of aromatic nitrogens is 2. The van der Waals surface area contributed by atoms with Gasteiger partial charge in [0.15, 0.2) is 11.5 Å². The monoisotopic (exact) mass is 397 g/mol. The molecule has 1 fully saturated rings. The summed E-state index contributed by atoms with van der Waals surface area (Å²) in [5.74, 6) is 2.38. The average molecular weight is 397 g/mol. The zero-order valence-corrected chi connectivity index (χ0v) is 16.4. The molecule has 6 nitrogen and oxygen atoms in total. The van der Waals surface area contributed by atoms with E-state index >= 15 is 0 Å². The Bertz CT molecular complexity index is 946. The SMILES string of the molecule is COc1ccccc1OCCN1CCCC(c2nc(-c3cccc(F)c3)no2)C1. The fourth-order valence-corrected chi connectivity index (χ4v) is 3.63. The topological polar surface area (TPSA) is 60.6 Å². The van der Waals surface area contributed by atoms with Gasteiger partial charge < -0.3 is 14.0 Å². The molecule has 0 bridgehead atoms. The standard InChI is InChI=1S/C22H24FN3O3/c1-27-19-9-2-3-10-20(19)28-13-12-26-11-5-7-17(15-26)22-24-21(25-29-22)16-6-4-8-18(23)14-16/h2-4,6,8-10,14,17H,5,7,11-13,15H2,1H3. The lowest BCUT2D eigenvalue weighted by atomic mass is 9.98. The van der Waals surface area contributed by atoms with Crippen LogP contribution < -0.4 is 9.47 Å². The fourth-order valence-electron chi connectivity index (χ4n) is 3.63. The van der Waals surface area contributed by atoms with Crippen molar-refractivity contribution in [3.63, 3.8) is 0 Å². The summed E-state index contributed by atoms with van der Waals surface area (Å²) in [6.45, 7) is 3.22. The number of benzene rings is 2. The molecule has 0 aliphatic carbocycles. The summed E-state index contributed by atoms with van der Waals surface area (Å²) >= 11 is 0. The first-order valence-electron chi connectivity index (χ1n) is 9.80. The third-order valence-corrected chi connectivity index (χ3v) is 5.11. The first kappa shape index (κ1) is 19.4. The smallest absolute Gasteiger partial charge is 0.231 e. The Kier molecular flexibility index (Phi) is 6.05. The minimum Gasteiger partial charge on any atom is -0.493 e. The Morgan fingerprint density at radius 3 is 2.86 bits per heavy atom. The van der Waals surface area contributed by atoms with Crippen molar-refractivity contribution >= 4 is 0 Å². The van der Waals surface area contributed by atoms with Crippen LogP contribution in [-0.4, -0.2) is 48.4 Å². The van der Waals surface area contributed by atoms with Crippen LogP contribution in [0.1, 0.15) is 24.7 Å². The molecule has 2 heterocycles. The first-order valence-corrected chi connectivity index (χ1v) is 9.80. The van der Waals surface area contributed by atoms with Gasteiger partial charge in [-0.15, -0.1) is 0 Å². The number of piperidine rings is 1. The molecule has 152 valence electrons. The van der Waals surface area contributed by atoms with Crippen LogP contribution in [0.15, 0.2) is 53.1 Å². The highest BCUT2D eigenvalue weighted by Gasteiger charge is 2.26. The molecule has 7 heteroatoms. The molecule has 1 aromatic heterocycles. The number of ether oxygens (including phenoxy) is 2. The quantitative estimate of drug-likeness (QED) is 0.597. The number of nitrogens with zero attached hydrogens (tertiary/aromatic N) is 3. The lowest BCUT2D eigenvalue weighted by molar-refractivity contribution is 0.156. The largest absolute Gasteiger partial charge is 0.493 e. The normalized spacial score (nSPS) is 17.2. The van der Waals surface area contributed by atoms with Gasteiger partial charge in [-0.1, -0.05) is 29.4 Å². The van der Waals surface area contributed by atoms with Crippen molar-refractivity contribution in [2.45, 2.75) is 18.8 Å². The van der Waals surface area contributed by atoms with Gasteiger partial charge in [-0.25, -0.2) is 4.39 Å². The Balaban J connectivity index is 1.34. The van der Waals surface area contributed by atoms with E-state index in [9.17, 15) is 4.39 Å².